The Bertz CT molecular complexity index is 3490. The van der Waals surface area contributed by atoms with Gasteiger partial charge < -0.3 is 4.57 Å². The highest BCUT2D eigenvalue weighted by molar-refractivity contribution is 7.26. The van der Waals surface area contributed by atoms with Crippen LogP contribution in [0.2, 0.25) is 0 Å². The van der Waals surface area contributed by atoms with E-state index < -0.39 is 0 Å². The van der Waals surface area contributed by atoms with Gasteiger partial charge in [-0.1, -0.05) is 182 Å². The van der Waals surface area contributed by atoms with E-state index in [0.29, 0.717) is 17.5 Å². The fourth-order valence-electron chi connectivity index (χ4n) is 8.85. The number of para-hydroxylation sites is 1. The summed E-state index contributed by atoms with van der Waals surface area (Å²) < 4.78 is 5.00. The molecule has 0 saturated heterocycles. The minimum Gasteiger partial charge on any atom is -0.309 e. The number of fused-ring (bicyclic) bond motifs is 7. The molecule has 0 atom stereocenters. The van der Waals surface area contributed by atoms with Crippen molar-refractivity contribution in [3.8, 4) is 73.2 Å². The number of aromatic nitrogens is 4. The topological polar surface area (TPSA) is 43.6 Å². The van der Waals surface area contributed by atoms with E-state index in [1.165, 1.54) is 36.5 Å². The van der Waals surface area contributed by atoms with Crippen LogP contribution in [0.25, 0.3) is 115 Å². The number of hydrogen-bond acceptors (Lipinski definition) is 4. The molecule has 0 aliphatic rings. The minimum absolute atomic E-state index is 0.607. The normalized spacial score (nSPS) is 11.5. The Morgan fingerprint density at radius 2 is 0.758 bits per heavy atom. The SMILES string of the molecule is c1ccc(-c2ccc(-c3nc(-c4ccc(-c5ccccc5)cc4)nc(-c4cc(-c5ccccc5)cc(-n5c6ccccc6c6ccc7sc8ccccc8c7c65)c4)n3)cc2)cc1. The summed E-state index contributed by atoms with van der Waals surface area (Å²) in [5, 5.41) is 4.98. The quantitative estimate of drug-likeness (QED) is 0.161. The fourth-order valence-corrected chi connectivity index (χ4v) is 9.96. The number of hydrogen-bond donors (Lipinski definition) is 0. The zero-order chi connectivity index (χ0) is 41.0. The van der Waals surface area contributed by atoms with Gasteiger partial charge in [0.1, 0.15) is 0 Å². The van der Waals surface area contributed by atoms with E-state index in [9.17, 15) is 0 Å². The number of benzene rings is 9. The molecule has 62 heavy (non-hydrogen) atoms. The second-order valence-corrected chi connectivity index (χ2v) is 16.7. The summed E-state index contributed by atoms with van der Waals surface area (Å²) >= 11 is 1.85. The molecule has 12 aromatic rings. The van der Waals surface area contributed by atoms with Crippen molar-refractivity contribution in [1.82, 2.24) is 19.5 Å². The molecule has 0 saturated carbocycles. The largest absolute Gasteiger partial charge is 0.309 e. The van der Waals surface area contributed by atoms with E-state index in [4.69, 9.17) is 15.0 Å². The number of nitrogens with zero attached hydrogens (tertiary/aromatic N) is 4. The lowest BCUT2D eigenvalue weighted by atomic mass is 10.0. The summed E-state index contributed by atoms with van der Waals surface area (Å²) in [6.07, 6.45) is 0. The molecular weight excluding hydrogens is 773 g/mol. The zero-order valence-corrected chi connectivity index (χ0v) is 34.3. The van der Waals surface area contributed by atoms with Crippen LogP contribution in [0.1, 0.15) is 0 Å². The summed E-state index contributed by atoms with van der Waals surface area (Å²) in [7, 11) is 0. The Morgan fingerprint density at radius 1 is 0.306 bits per heavy atom. The van der Waals surface area contributed by atoms with Crippen LogP contribution in [0, 0.1) is 0 Å². The molecule has 0 bridgehead atoms. The van der Waals surface area contributed by atoms with Gasteiger partial charge in [0.05, 0.1) is 11.0 Å². The van der Waals surface area contributed by atoms with Crippen LogP contribution in [0.15, 0.2) is 218 Å². The fraction of sp³-hybridized carbons (Fsp3) is 0. The van der Waals surface area contributed by atoms with E-state index >= 15 is 0 Å². The van der Waals surface area contributed by atoms with Crippen LogP contribution in [-0.4, -0.2) is 19.5 Å². The Kier molecular flexibility index (Phi) is 8.65. The molecule has 0 spiro atoms. The Hall–Kier alpha value is -7.99. The summed E-state index contributed by atoms with van der Waals surface area (Å²) in [6.45, 7) is 0. The summed E-state index contributed by atoms with van der Waals surface area (Å²) in [6, 6.07) is 77.4. The molecule has 0 aliphatic heterocycles. The van der Waals surface area contributed by atoms with Gasteiger partial charge in [0.15, 0.2) is 17.5 Å². The van der Waals surface area contributed by atoms with Gasteiger partial charge in [-0.25, -0.2) is 15.0 Å². The first-order valence-corrected chi connectivity index (χ1v) is 21.7. The predicted octanol–water partition coefficient (Wildman–Crippen LogP) is 15.3. The molecule has 0 unspecified atom stereocenters. The van der Waals surface area contributed by atoms with Gasteiger partial charge in [-0.2, -0.15) is 0 Å². The van der Waals surface area contributed by atoms with Gasteiger partial charge >= 0.3 is 0 Å². The van der Waals surface area contributed by atoms with Gasteiger partial charge in [0, 0.05) is 53.3 Å². The van der Waals surface area contributed by atoms with Crippen molar-refractivity contribution in [3.05, 3.63) is 218 Å². The lowest BCUT2D eigenvalue weighted by Gasteiger charge is -2.15. The number of rotatable bonds is 7. The van der Waals surface area contributed by atoms with Crippen LogP contribution in [0.5, 0.6) is 0 Å². The highest BCUT2D eigenvalue weighted by atomic mass is 32.1. The zero-order valence-electron chi connectivity index (χ0n) is 33.5. The number of thiophene rings is 1. The highest BCUT2D eigenvalue weighted by Gasteiger charge is 2.21. The molecule has 4 nitrogen and oxygen atoms in total. The van der Waals surface area contributed by atoms with Gasteiger partial charge in [-0.05, 0) is 69.8 Å². The van der Waals surface area contributed by atoms with Crippen molar-refractivity contribution in [2.24, 2.45) is 0 Å². The third kappa shape index (κ3) is 6.26. The lowest BCUT2D eigenvalue weighted by molar-refractivity contribution is 1.07. The van der Waals surface area contributed by atoms with E-state index in [1.54, 1.807) is 0 Å². The van der Waals surface area contributed by atoms with Crippen molar-refractivity contribution in [1.29, 1.82) is 0 Å². The Morgan fingerprint density at radius 3 is 1.35 bits per heavy atom. The Labute approximate surface area is 362 Å². The third-order valence-electron chi connectivity index (χ3n) is 11.9. The molecule has 9 aromatic carbocycles. The molecule has 0 amide bonds. The van der Waals surface area contributed by atoms with Crippen LogP contribution in [0.3, 0.4) is 0 Å². The summed E-state index contributed by atoms with van der Waals surface area (Å²) in [4.78, 5) is 15.8. The van der Waals surface area contributed by atoms with Crippen molar-refractivity contribution in [2.45, 2.75) is 0 Å². The highest BCUT2D eigenvalue weighted by Crippen LogP contribution is 2.44. The van der Waals surface area contributed by atoms with E-state index in [-0.39, 0.29) is 0 Å². The third-order valence-corrected chi connectivity index (χ3v) is 13.0. The van der Waals surface area contributed by atoms with E-state index in [2.05, 4.69) is 211 Å². The maximum Gasteiger partial charge on any atom is 0.164 e. The van der Waals surface area contributed by atoms with E-state index in [1.807, 2.05) is 23.5 Å². The van der Waals surface area contributed by atoms with Crippen molar-refractivity contribution < 1.29 is 0 Å². The molecule has 0 N–H and O–H groups in total. The molecule has 5 heteroatoms. The molecule has 3 aromatic heterocycles. The molecule has 12 rings (SSSR count). The van der Waals surface area contributed by atoms with Crippen molar-refractivity contribution in [2.75, 3.05) is 0 Å². The van der Waals surface area contributed by atoms with Crippen LogP contribution < -0.4 is 0 Å². The molecular formula is C57H36N4S. The second kappa shape index (κ2) is 14.9. The smallest absolute Gasteiger partial charge is 0.164 e. The molecule has 0 radical (unpaired) electrons. The van der Waals surface area contributed by atoms with Crippen LogP contribution in [-0.2, 0) is 0 Å². The average molecular weight is 809 g/mol. The first kappa shape index (κ1) is 35.9. The van der Waals surface area contributed by atoms with Gasteiger partial charge in [0.2, 0.25) is 0 Å². The van der Waals surface area contributed by atoms with Crippen molar-refractivity contribution >= 4 is 53.3 Å². The molecule has 290 valence electrons. The molecule has 0 fully saturated rings. The Balaban J connectivity index is 1.10. The standard InChI is InChI=1S/C57H36N4S/c1-4-14-37(15-5-1)40-24-28-42(29-25-40)55-58-56(43-30-26-41(27-31-43)38-16-6-2-7-17-38)60-57(59-55)45-34-44(39-18-8-3-9-19-39)35-46(36-45)61-50-22-12-10-20-47(50)48-32-33-52-53(54(48)61)49-21-11-13-23-51(49)62-52/h1-36H. The second-order valence-electron chi connectivity index (χ2n) is 15.6. The maximum absolute atomic E-state index is 5.30. The molecule has 0 aliphatic carbocycles. The minimum atomic E-state index is 0.607. The van der Waals surface area contributed by atoms with Crippen LogP contribution in [0.4, 0.5) is 0 Å². The van der Waals surface area contributed by atoms with Crippen molar-refractivity contribution in [3.63, 3.8) is 0 Å². The van der Waals surface area contributed by atoms with E-state index in [0.717, 1.165) is 61.3 Å². The first-order valence-electron chi connectivity index (χ1n) is 20.8. The maximum atomic E-state index is 5.30. The lowest BCUT2D eigenvalue weighted by Crippen LogP contribution is -2.02. The monoisotopic (exact) mass is 808 g/mol. The average Bonchev–Trinajstić information content (AvgIpc) is 3.91. The predicted molar refractivity (Wildman–Crippen MR) is 260 cm³/mol. The van der Waals surface area contributed by atoms with Gasteiger partial charge in [-0.15, -0.1) is 11.3 Å². The summed E-state index contributed by atoms with van der Waals surface area (Å²) in [5.74, 6) is 1.84. The molecule has 3 heterocycles. The summed E-state index contributed by atoms with van der Waals surface area (Å²) in [5.41, 5.74) is 12.9. The first-order chi connectivity index (χ1) is 30.7. The van der Waals surface area contributed by atoms with Gasteiger partial charge in [0.25, 0.3) is 0 Å². The van der Waals surface area contributed by atoms with Gasteiger partial charge in [-0.3, -0.25) is 0 Å². The van der Waals surface area contributed by atoms with Crippen LogP contribution >= 0.6 is 11.3 Å².